The molecule has 0 unspecified atom stereocenters. The van der Waals surface area contributed by atoms with Gasteiger partial charge in [0.15, 0.2) is 0 Å². The van der Waals surface area contributed by atoms with E-state index in [2.05, 4.69) is 27.7 Å². The maximum Gasteiger partial charge on any atom is -0.0213 e. The number of rotatable bonds is 0. The first-order valence-electron chi connectivity index (χ1n) is 6.37. The molecule has 3 fully saturated rings. The van der Waals surface area contributed by atoms with Crippen LogP contribution in [0.25, 0.3) is 0 Å². The van der Waals surface area contributed by atoms with Crippen molar-refractivity contribution in [2.45, 2.75) is 66.2 Å². The highest BCUT2D eigenvalue weighted by Gasteiger charge is 2.74. The molecule has 0 aromatic carbocycles. The summed E-state index contributed by atoms with van der Waals surface area (Å²) in [7, 11) is 0. The van der Waals surface area contributed by atoms with Gasteiger partial charge >= 0.3 is 0 Å². The highest BCUT2D eigenvalue weighted by Crippen LogP contribution is 2.82. The first-order chi connectivity index (χ1) is 6.37. The van der Waals surface area contributed by atoms with Crippen LogP contribution in [0.4, 0.5) is 0 Å². The van der Waals surface area contributed by atoms with Crippen LogP contribution in [0.15, 0.2) is 0 Å². The zero-order valence-corrected chi connectivity index (χ0v) is 10.2. The van der Waals surface area contributed by atoms with Crippen molar-refractivity contribution in [3.05, 3.63) is 0 Å². The second kappa shape index (κ2) is 2.08. The molecule has 0 heterocycles. The van der Waals surface area contributed by atoms with E-state index in [1.807, 2.05) is 0 Å². The standard InChI is InChI=1S/C14H24/c1-11-8-9-12(2,10-11)14(4)7-5-6-13(11,14)3/h5-10H2,1-4H3/t11-,12+,13-,14+. The Hall–Kier alpha value is 0. The predicted octanol–water partition coefficient (Wildman–Crippen LogP) is 4.39. The van der Waals surface area contributed by atoms with Gasteiger partial charge in [0, 0.05) is 0 Å². The van der Waals surface area contributed by atoms with Gasteiger partial charge in [-0.1, -0.05) is 34.1 Å². The highest BCUT2D eigenvalue weighted by atomic mass is 14.8. The van der Waals surface area contributed by atoms with Crippen molar-refractivity contribution in [2.75, 3.05) is 0 Å². The molecule has 4 atom stereocenters. The van der Waals surface area contributed by atoms with Gasteiger partial charge in [-0.25, -0.2) is 0 Å². The monoisotopic (exact) mass is 192 g/mol. The van der Waals surface area contributed by atoms with E-state index in [4.69, 9.17) is 0 Å². The third-order valence-electron chi connectivity index (χ3n) is 7.24. The van der Waals surface area contributed by atoms with Crippen LogP contribution in [-0.4, -0.2) is 0 Å². The van der Waals surface area contributed by atoms with Crippen LogP contribution in [0, 0.1) is 21.7 Å². The van der Waals surface area contributed by atoms with Crippen LogP contribution in [0.5, 0.6) is 0 Å². The van der Waals surface area contributed by atoms with Crippen molar-refractivity contribution < 1.29 is 0 Å². The summed E-state index contributed by atoms with van der Waals surface area (Å²) in [6, 6.07) is 0. The summed E-state index contributed by atoms with van der Waals surface area (Å²) in [6.07, 6.45) is 8.97. The highest BCUT2D eigenvalue weighted by molar-refractivity contribution is 5.23. The van der Waals surface area contributed by atoms with Crippen molar-refractivity contribution >= 4 is 0 Å². The molecule has 0 amide bonds. The molecule has 14 heavy (non-hydrogen) atoms. The fraction of sp³-hybridized carbons (Fsp3) is 1.00. The second-order valence-corrected chi connectivity index (χ2v) is 7.32. The average molecular weight is 192 g/mol. The largest absolute Gasteiger partial charge is 0.0591 e. The molecule has 0 radical (unpaired) electrons. The molecular formula is C14H24. The van der Waals surface area contributed by atoms with Crippen LogP contribution in [-0.2, 0) is 0 Å². The van der Waals surface area contributed by atoms with E-state index in [0.717, 1.165) is 0 Å². The summed E-state index contributed by atoms with van der Waals surface area (Å²) in [6.45, 7) is 10.4. The molecule has 3 aliphatic rings. The zero-order valence-electron chi connectivity index (χ0n) is 10.2. The van der Waals surface area contributed by atoms with Crippen molar-refractivity contribution in [2.24, 2.45) is 21.7 Å². The number of fused-ring (bicyclic) bond motifs is 5. The summed E-state index contributed by atoms with van der Waals surface area (Å²) < 4.78 is 0. The quantitative estimate of drug-likeness (QED) is 0.534. The Kier molecular flexibility index (Phi) is 1.37. The number of hydrogen-bond acceptors (Lipinski definition) is 0. The van der Waals surface area contributed by atoms with Crippen LogP contribution in [0.1, 0.15) is 66.2 Å². The average Bonchev–Trinajstić information content (AvgIpc) is 2.60. The third kappa shape index (κ3) is 0.630. The van der Waals surface area contributed by atoms with Crippen molar-refractivity contribution in [3.8, 4) is 0 Å². The minimum atomic E-state index is 0.660. The van der Waals surface area contributed by atoms with Gasteiger partial charge in [0.1, 0.15) is 0 Å². The minimum Gasteiger partial charge on any atom is -0.0591 e. The molecule has 3 saturated carbocycles. The van der Waals surface area contributed by atoms with Gasteiger partial charge in [-0.3, -0.25) is 0 Å². The molecule has 0 aromatic rings. The molecule has 0 aromatic heterocycles. The van der Waals surface area contributed by atoms with E-state index in [-0.39, 0.29) is 0 Å². The maximum atomic E-state index is 2.60. The maximum absolute atomic E-state index is 2.60. The SMILES string of the molecule is C[C@]12CC[C@](C)(C1)[C@@]1(C)CCC[C@@]21C. The molecule has 0 N–H and O–H groups in total. The Balaban J connectivity index is 2.20. The van der Waals surface area contributed by atoms with Crippen LogP contribution < -0.4 is 0 Å². The van der Waals surface area contributed by atoms with Gasteiger partial charge in [0.25, 0.3) is 0 Å². The molecular weight excluding hydrogens is 168 g/mol. The van der Waals surface area contributed by atoms with E-state index in [1.54, 1.807) is 0 Å². The molecule has 3 aliphatic carbocycles. The lowest BCUT2D eigenvalue weighted by Crippen LogP contribution is -2.46. The van der Waals surface area contributed by atoms with Crippen molar-refractivity contribution in [1.82, 2.24) is 0 Å². The molecule has 0 heteroatoms. The molecule has 3 rings (SSSR count). The van der Waals surface area contributed by atoms with Gasteiger partial charge < -0.3 is 0 Å². The number of hydrogen-bond donors (Lipinski definition) is 0. The Morgan fingerprint density at radius 3 is 1.50 bits per heavy atom. The first kappa shape index (κ1) is 9.24. The van der Waals surface area contributed by atoms with Crippen molar-refractivity contribution in [3.63, 3.8) is 0 Å². The normalized spacial score (nSPS) is 66.0. The van der Waals surface area contributed by atoms with Crippen molar-refractivity contribution in [1.29, 1.82) is 0 Å². The lowest BCUT2D eigenvalue weighted by Gasteiger charge is -2.53. The smallest absolute Gasteiger partial charge is 0.0213 e. The van der Waals surface area contributed by atoms with Gasteiger partial charge in [0.05, 0.1) is 0 Å². The van der Waals surface area contributed by atoms with Gasteiger partial charge in [0.2, 0.25) is 0 Å². The van der Waals surface area contributed by atoms with E-state index in [9.17, 15) is 0 Å². The molecule has 2 bridgehead atoms. The van der Waals surface area contributed by atoms with Gasteiger partial charge in [-0.2, -0.15) is 0 Å². The summed E-state index contributed by atoms with van der Waals surface area (Å²) in [4.78, 5) is 0. The fourth-order valence-corrected chi connectivity index (χ4v) is 5.81. The topological polar surface area (TPSA) is 0 Å². The molecule has 0 aliphatic heterocycles. The Morgan fingerprint density at radius 1 is 0.643 bits per heavy atom. The van der Waals surface area contributed by atoms with Crippen LogP contribution in [0.2, 0.25) is 0 Å². The Morgan fingerprint density at radius 2 is 1.07 bits per heavy atom. The Bertz CT molecular complexity index is 266. The summed E-state index contributed by atoms with van der Waals surface area (Å²) in [5, 5.41) is 0. The zero-order chi connectivity index (χ0) is 10.2. The minimum absolute atomic E-state index is 0.660. The summed E-state index contributed by atoms with van der Waals surface area (Å²) >= 11 is 0. The first-order valence-corrected chi connectivity index (χ1v) is 6.37. The Labute approximate surface area is 88.5 Å². The van der Waals surface area contributed by atoms with Crippen LogP contribution in [0.3, 0.4) is 0 Å². The molecule has 80 valence electrons. The van der Waals surface area contributed by atoms with Crippen LogP contribution >= 0.6 is 0 Å². The van der Waals surface area contributed by atoms with Gasteiger partial charge in [-0.15, -0.1) is 0 Å². The van der Waals surface area contributed by atoms with Gasteiger partial charge in [-0.05, 0) is 53.8 Å². The molecule has 0 saturated heterocycles. The van der Waals surface area contributed by atoms with E-state index in [0.29, 0.717) is 21.7 Å². The second-order valence-electron chi connectivity index (χ2n) is 7.32. The van der Waals surface area contributed by atoms with E-state index in [1.165, 1.54) is 38.5 Å². The van der Waals surface area contributed by atoms with E-state index >= 15 is 0 Å². The fourth-order valence-electron chi connectivity index (χ4n) is 5.81. The summed E-state index contributed by atoms with van der Waals surface area (Å²) in [5.41, 5.74) is 2.67. The lowest BCUT2D eigenvalue weighted by molar-refractivity contribution is -0.0443. The lowest BCUT2D eigenvalue weighted by atomic mass is 9.51. The third-order valence-corrected chi connectivity index (χ3v) is 7.24. The molecule has 0 nitrogen and oxygen atoms in total. The molecule has 0 spiro atoms. The van der Waals surface area contributed by atoms with E-state index < -0.39 is 0 Å². The predicted molar refractivity (Wildman–Crippen MR) is 60.1 cm³/mol. The summed E-state index contributed by atoms with van der Waals surface area (Å²) in [5.74, 6) is 0.